The lowest BCUT2D eigenvalue weighted by Crippen LogP contribution is -2.01. The van der Waals surface area contributed by atoms with Gasteiger partial charge in [0.25, 0.3) is 20.2 Å². The second-order valence-corrected chi connectivity index (χ2v) is 16.9. The number of nitrogens with zero attached hydrogens (tertiary/aromatic N) is 8. The number of benzene rings is 8. The maximum atomic E-state index is 12.5. The molecule has 0 aliphatic rings. The number of hydrogen-bond donors (Lipinski definition) is 6. The minimum atomic E-state index is -4.93. The van der Waals surface area contributed by atoms with Crippen LogP contribution in [0.1, 0.15) is 11.1 Å². The van der Waals surface area contributed by atoms with Crippen LogP contribution in [0.25, 0.3) is 33.7 Å². The van der Waals surface area contributed by atoms with E-state index in [0.717, 1.165) is 45.8 Å². The van der Waals surface area contributed by atoms with Gasteiger partial charge in [-0.3, -0.25) is 9.11 Å². The van der Waals surface area contributed by atoms with E-state index in [1.807, 2.05) is 60.7 Å². The first-order chi connectivity index (χ1) is 31.6. The highest BCUT2D eigenvalue weighted by Gasteiger charge is 2.19. The molecule has 0 heterocycles. The average molecular weight is 921 g/mol. The van der Waals surface area contributed by atoms with Crippen LogP contribution in [0.2, 0.25) is 0 Å². The number of phenols is 4. The Hall–Kier alpha value is -8.56. The van der Waals surface area contributed by atoms with Crippen molar-refractivity contribution in [3.63, 3.8) is 0 Å². The summed E-state index contributed by atoms with van der Waals surface area (Å²) >= 11 is 0. The number of azo groups is 4. The minimum Gasteiger partial charge on any atom is -0.505 e. The smallest absolute Gasteiger partial charge is 0.295 e. The van der Waals surface area contributed by atoms with Crippen LogP contribution in [0.4, 0.5) is 45.5 Å². The predicted octanol–water partition coefficient (Wildman–Crippen LogP) is 13.1. The Labute approximate surface area is 374 Å². The van der Waals surface area contributed by atoms with E-state index in [0.29, 0.717) is 11.4 Å². The molecule has 0 bridgehead atoms. The summed E-state index contributed by atoms with van der Waals surface area (Å²) in [5.74, 6) is -1.97. The quantitative estimate of drug-likeness (QED) is 0.0382. The fraction of sp³-hybridized carbons (Fsp3) is 0. The maximum absolute atomic E-state index is 12.5. The summed E-state index contributed by atoms with van der Waals surface area (Å²) in [6.07, 6.45) is 2.33. The van der Waals surface area contributed by atoms with E-state index in [1.54, 1.807) is 24.3 Å². The zero-order valence-corrected chi connectivity index (χ0v) is 35.4. The number of phenolic OH excluding ortho intramolecular Hbond substituents is 4. The number of rotatable bonds is 12. The van der Waals surface area contributed by atoms with E-state index >= 15 is 0 Å². The van der Waals surface area contributed by atoms with Gasteiger partial charge in [-0.05, 0) is 82.6 Å². The molecule has 0 aliphatic carbocycles. The Morgan fingerprint density at radius 3 is 1.17 bits per heavy atom. The summed E-state index contributed by atoms with van der Waals surface area (Å²) in [7, 11) is -9.87. The van der Waals surface area contributed by atoms with Crippen LogP contribution >= 0.6 is 0 Å². The topological polar surface area (TPSA) is 289 Å². The van der Waals surface area contributed by atoms with E-state index < -0.39 is 53.0 Å². The Bertz CT molecular complexity index is 3370. The molecular weight excluding hydrogens is 889 g/mol. The van der Waals surface area contributed by atoms with Crippen molar-refractivity contribution >= 4 is 99.4 Å². The van der Waals surface area contributed by atoms with Gasteiger partial charge in [-0.25, -0.2) is 0 Å². The van der Waals surface area contributed by atoms with Crippen LogP contribution in [0.15, 0.2) is 196 Å². The highest BCUT2D eigenvalue weighted by atomic mass is 32.2. The lowest BCUT2D eigenvalue weighted by Gasteiger charge is -2.07. The van der Waals surface area contributed by atoms with Crippen LogP contribution in [0.5, 0.6) is 23.0 Å². The van der Waals surface area contributed by atoms with Gasteiger partial charge in [0, 0.05) is 10.8 Å². The lowest BCUT2D eigenvalue weighted by atomic mass is 10.1. The second kappa shape index (κ2) is 18.3. The van der Waals surface area contributed by atoms with Gasteiger partial charge in [0.1, 0.15) is 32.7 Å². The molecule has 18 nitrogen and oxygen atoms in total. The van der Waals surface area contributed by atoms with Gasteiger partial charge < -0.3 is 20.4 Å². The SMILES string of the molecule is O=S(=O)(O)c1cc(N=Nc2ccc(O)c(N=Nc3cccc4ccccc34)c2O)ccc1/C=C/c1ccc(N=Nc2ccc(O)c(N=Nc3cccc4ccccc34)c2O)cc1S(=O)(=O)O. The molecule has 0 amide bonds. The van der Waals surface area contributed by atoms with Crippen molar-refractivity contribution in [2.75, 3.05) is 0 Å². The standard InChI is InChI=1S/C46H32N8O10S2/c55-39-23-21-37(45(57)43(39)53-49-35-13-5-9-27-7-1-3-11-33(27)35)51-47-31-19-17-29(41(25-31)65(59,60)61)15-16-30-18-20-32(26-42(30)66(62,63)64)48-52-38-22-24-40(56)44(46(38)58)54-50-36-14-6-10-28-8-2-4-12-34(28)36/h1-26,55-58H,(H,59,60,61)(H,62,63,64)/b16-15+,51-47?,52-48?,53-49?,54-50?. The van der Waals surface area contributed by atoms with Gasteiger partial charge in [-0.2, -0.15) is 27.1 Å². The molecule has 0 spiro atoms. The van der Waals surface area contributed by atoms with Crippen LogP contribution in [-0.4, -0.2) is 46.4 Å². The molecule has 8 rings (SSSR count). The van der Waals surface area contributed by atoms with Crippen LogP contribution in [0.3, 0.4) is 0 Å². The third-order valence-electron chi connectivity index (χ3n) is 9.80. The first-order valence-electron chi connectivity index (χ1n) is 19.3. The Morgan fingerprint density at radius 1 is 0.379 bits per heavy atom. The van der Waals surface area contributed by atoms with Crippen molar-refractivity contribution in [3.05, 3.63) is 157 Å². The summed E-state index contributed by atoms with van der Waals surface area (Å²) in [6, 6.07) is 37.6. The Kier molecular flexibility index (Phi) is 12.2. The summed E-state index contributed by atoms with van der Waals surface area (Å²) in [6.45, 7) is 0. The van der Waals surface area contributed by atoms with E-state index in [4.69, 9.17) is 0 Å². The average Bonchev–Trinajstić information content (AvgIpc) is 3.30. The largest absolute Gasteiger partial charge is 0.505 e. The zero-order chi connectivity index (χ0) is 46.6. The van der Waals surface area contributed by atoms with E-state index in [9.17, 15) is 46.4 Å². The Morgan fingerprint density at radius 2 is 0.758 bits per heavy atom. The van der Waals surface area contributed by atoms with Crippen LogP contribution in [0, 0.1) is 0 Å². The fourth-order valence-corrected chi connectivity index (χ4v) is 7.98. The van der Waals surface area contributed by atoms with Crippen molar-refractivity contribution in [1.82, 2.24) is 0 Å². The molecule has 0 unspecified atom stereocenters. The van der Waals surface area contributed by atoms with Crippen molar-refractivity contribution in [2.24, 2.45) is 40.9 Å². The van der Waals surface area contributed by atoms with Crippen LogP contribution < -0.4 is 0 Å². The Balaban J connectivity index is 1.03. The van der Waals surface area contributed by atoms with E-state index in [2.05, 4.69) is 40.9 Å². The third-order valence-corrected chi connectivity index (χ3v) is 11.6. The molecule has 0 aromatic heterocycles. The van der Waals surface area contributed by atoms with Gasteiger partial charge in [0.05, 0.1) is 22.7 Å². The molecular formula is C46H32N8O10S2. The molecule has 8 aromatic carbocycles. The molecule has 6 N–H and O–H groups in total. The molecule has 0 saturated carbocycles. The molecule has 20 heteroatoms. The molecule has 0 radical (unpaired) electrons. The predicted molar refractivity (Wildman–Crippen MR) is 246 cm³/mol. The van der Waals surface area contributed by atoms with Gasteiger partial charge in [-0.15, -0.1) is 30.7 Å². The summed E-state index contributed by atoms with van der Waals surface area (Å²) in [5.41, 5.74) is -0.438. The van der Waals surface area contributed by atoms with Gasteiger partial charge in [0.15, 0.2) is 22.9 Å². The van der Waals surface area contributed by atoms with Crippen molar-refractivity contribution < 1.29 is 46.4 Å². The lowest BCUT2D eigenvalue weighted by molar-refractivity contribution is 0.452. The van der Waals surface area contributed by atoms with Crippen molar-refractivity contribution in [1.29, 1.82) is 0 Å². The molecule has 0 atom stereocenters. The van der Waals surface area contributed by atoms with Gasteiger partial charge in [0.2, 0.25) is 0 Å². The molecule has 0 aliphatic heterocycles. The number of aromatic hydroxyl groups is 4. The fourth-order valence-electron chi connectivity index (χ4n) is 6.57. The first kappa shape index (κ1) is 44.1. The molecule has 0 saturated heterocycles. The monoisotopic (exact) mass is 920 g/mol. The summed E-state index contributed by atoms with van der Waals surface area (Å²) in [4.78, 5) is -1.31. The van der Waals surface area contributed by atoms with Gasteiger partial charge >= 0.3 is 0 Å². The first-order valence-corrected chi connectivity index (χ1v) is 22.2. The highest BCUT2D eigenvalue weighted by Crippen LogP contribution is 2.46. The third kappa shape index (κ3) is 9.66. The molecule has 8 aromatic rings. The highest BCUT2D eigenvalue weighted by molar-refractivity contribution is 7.86. The normalized spacial score (nSPS) is 12.6. The molecule has 0 fully saturated rings. The van der Waals surface area contributed by atoms with E-state index in [1.165, 1.54) is 48.5 Å². The number of fused-ring (bicyclic) bond motifs is 2. The molecule has 66 heavy (non-hydrogen) atoms. The summed E-state index contributed by atoms with van der Waals surface area (Å²) < 4.78 is 70.4. The maximum Gasteiger partial charge on any atom is 0.295 e. The van der Waals surface area contributed by atoms with Crippen molar-refractivity contribution in [3.8, 4) is 23.0 Å². The summed E-state index contributed by atoms with van der Waals surface area (Å²) in [5, 5.41) is 78.5. The van der Waals surface area contributed by atoms with Gasteiger partial charge in [-0.1, -0.05) is 97.1 Å². The minimum absolute atomic E-state index is 0.0980. The molecule has 328 valence electrons. The van der Waals surface area contributed by atoms with Crippen LogP contribution in [-0.2, 0) is 20.2 Å². The van der Waals surface area contributed by atoms with Crippen molar-refractivity contribution in [2.45, 2.75) is 9.79 Å². The number of hydrogen-bond acceptors (Lipinski definition) is 16. The zero-order valence-electron chi connectivity index (χ0n) is 33.7. The van der Waals surface area contributed by atoms with E-state index in [-0.39, 0.29) is 45.3 Å². The second-order valence-electron chi connectivity index (χ2n) is 14.1.